The molecule has 0 saturated heterocycles. The van der Waals surface area contributed by atoms with Gasteiger partial charge in [-0.2, -0.15) is 13.2 Å². The Hall–Kier alpha value is -1.56. The second kappa shape index (κ2) is 5.18. The van der Waals surface area contributed by atoms with Crippen LogP contribution in [0.3, 0.4) is 0 Å². The smallest absolute Gasteiger partial charge is 0.416 e. The van der Waals surface area contributed by atoms with E-state index in [0.717, 1.165) is 6.07 Å². The van der Waals surface area contributed by atoms with E-state index in [2.05, 4.69) is 5.32 Å². The van der Waals surface area contributed by atoms with Gasteiger partial charge in [-0.25, -0.2) is 0 Å². The number of aliphatic carboxylic acids is 1. The highest BCUT2D eigenvalue weighted by Gasteiger charge is 2.36. The van der Waals surface area contributed by atoms with E-state index in [1.807, 2.05) is 0 Å². The van der Waals surface area contributed by atoms with Crippen LogP contribution in [0.15, 0.2) is 24.3 Å². The minimum absolute atomic E-state index is 0.0531. The summed E-state index contributed by atoms with van der Waals surface area (Å²) >= 11 is 0. The first-order valence-electron chi connectivity index (χ1n) is 4.91. The minimum Gasteiger partial charge on any atom is -0.481 e. The maximum Gasteiger partial charge on any atom is 0.416 e. The zero-order valence-electron chi connectivity index (χ0n) is 9.08. The van der Waals surface area contributed by atoms with Crippen LogP contribution in [0.4, 0.5) is 13.2 Å². The number of hydrogen-bond acceptors (Lipinski definition) is 2. The summed E-state index contributed by atoms with van der Waals surface area (Å²) in [5, 5.41) is 11.5. The summed E-state index contributed by atoms with van der Waals surface area (Å²) < 4.78 is 38.1. The molecule has 6 heteroatoms. The zero-order chi connectivity index (χ0) is 13.1. The number of rotatable bonds is 4. The lowest BCUT2D eigenvalue weighted by atomic mass is 9.94. The van der Waals surface area contributed by atoms with Crippen molar-refractivity contribution in [2.75, 3.05) is 13.6 Å². The number of alkyl halides is 3. The largest absolute Gasteiger partial charge is 0.481 e. The second-order valence-electron chi connectivity index (χ2n) is 3.53. The predicted octanol–water partition coefficient (Wildman–Crippen LogP) is 2.09. The van der Waals surface area contributed by atoms with Gasteiger partial charge >= 0.3 is 12.1 Å². The van der Waals surface area contributed by atoms with Crippen LogP contribution in [0.5, 0.6) is 0 Å². The summed E-state index contributed by atoms with van der Waals surface area (Å²) in [6.07, 6.45) is -4.54. The third-order valence-electron chi connectivity index (χ3n) is 2.35. The van der Waals surface area contributed by atoms with E-state index in [1.54, 1.807) is 0 Å². The van der Waals surface area contributed by atoms with Crippen LogP contribution in [0.2, 0.25) is 0 Å². The predicted molar refractivity (Wildman–Crippen MR) is 55.7 cm³/mol. The third-order valence-corrected chi connectivity index (χ3v) is 2.35. The molecule has 0 radical (unpaired) electrons. The summed E-state index contributed by atoms with van der Waals surface area (Å²) in [4.78, 5) is 11.0. The van der Waals surface area contributed by atoms with Gasteiger partial charge in [0.05, 0.1) is 11.5 Å². The summed E-state index contributed by atoms with van der Waals surface area (Å²) in [6, 6.07) is 4.72. The number of carboxylic acid groups (broad SMARTS) is 1. The fourth-order valence-electron chi connectivity index (χ4n) is 1.59. The van der Waals surface area contributed by atoms with Crippen molar-refractivity contribution >= 4 is 5.97 Å². The molecule has 0 amide bonds. The Bertz CT molecular complexity index is 404. The average molecular weight is 247 g/mol. The van der Waals surface area contributed by atoms with Crippen molar-refractivity contribution in [3.8, 4) is 0 Å². The molecule has 0 aliphatic carbocycles. The molecule has 0 bridgehead atoms. The summed E-state index contributed by atoms with van der Waals surface area (Å²) in [6.45, 7) is -0.0531. The molecular weight excluding hydrogens is 235 g/mol. The zero-order valence-corrected chi connectivity index (χ0v) is 9.08. The lowest BCUT2D eigenvalue weighted by molar-refractivity contribution is -0.141. The lowest BCUT2D eigenvalue weighted by Crippen LogP contribution is -2.26. The first-order chi connectivity index (χ1) is 7.88. The van der Waals surface area contributed by atoms with Gasteiger partial charge in [0, 0.05) is 6.54 Å². The normalized spacial score (nSPS) is 13.4. The molecule has 0 heterocycles. The van der Waals surface area contributed by atoms with Crippen LogP contribution in [-0.2, 0) is 11.0 Å². The van der Waals surface area contributed by atoms with Crippen LogP contribution in [0, 0.1) is 0 Å². The van der Waals surface area contributed by atoms with Gasteiger partial charge in [-0.1, -0.05) is 18.2 Å². The van der Waals surface area contributed by atoms with E-state index < -0.39 is 23.6 Å². The number of benzene rings is 1. The second-order valence-corrected chi connectivity index (χ2v) is 3.53. The van der Waals surface area contributed by atoms with Gasteiger partial charge < -0.3 is 10.4 Å². The van der Waals surface area contributed by atoms with Crippen LogP contribution in [-0.4, -0.2) is 24.7 Å². The molecule has 1 aromatic carbocycles. The summed E-state index contributed by atoms with van der Waals surface area (Å²) in [5.41, 5.74) is -1.12. The highest BCUT2D eigenvalue weighted by molar-refractivity contribution is 5.77. The van der Waals surface area contributed by atoms with Crippen LogP contribution < -0.4 is 5.32 Å². The fourth-order valence-corrected chi connectivity index (χ4v) is 1.59. The molecule has 3 nitrogen and oxygen atoms in total. The molecule has 2 N–H and O–H groups in total. The van der Waals surface area contributed by atoms with Gasteiger partial charge in [0.15, 0.2) is 0 Å². The molecule has 0 spiro atoms. The molecule has 0 saturated carbocycles. The van der Waals surface area contributed by atoms with E-state index >= 15 is 0 Å². The third kappa shape index (κ3) is 3.20. The molecule has 0 aromatic heterocycles. The number of hydrogen-bond donors (Lipinski definition) is 2. The maximum absolute atomic E-state index is 12.7. The lowest BCUT2D eigenvalue weighted by Gasteiger charge is -2.18. The van der Waals surface area contributed by atoms with Crippen LogP contribution in [0.1, 0.15) is 17.0 Å². The minimum atomic E-state index is -4.54. The first-order valence-corrected chi connectivity index (χ1v) is 4.91. The molecule has 0 fully saturated rings. The monoisotopic (exact) mass is 247 g/mol. The topological polar surface area (TPSA) is 49.3 Å². The van der Waals surface area contributed by atoms with Gasteiger partial charge in [-0.3, -0.25) is 4.79 Å². The molecule has 1 aromatic rings. The Morgan fingerprint density at radius 3 is 2.47 bits per heavy atom. The van der Waals surface area contributed by atoms with Gasteiger partial charge in [0.25, 0.3) is 0 Å². The number of carboxylic acids is 1. The highest BCUT2D eigenvalue weighted by atomic mass is 19.4. The van der Waals surface area contributed by atoms with Gasteiger partial charge in [0.2, 0.25) is 0 Å². The van der Waals surface area contributed by atoms with E-state index in [4.69, 9.17) is 5.11 Å². The van der Waals surface area contributed by atoms with Crippen LogP contribution in [0.25, 0.3) is 0 Å². The fraction of sp³-hybridized carbons (Fsp3) is 0.364. The molecule has 1 rings (SSSR count). The van der Waals surface area contributed by atoms with Crippen molar-refractivity contribution < 1.29 is 23.1 Å². The van der Waals surface area contributed by atoms with Crippen molar-refractivity contribution in [1.82, 2.24) is 5.32 Å². The molecule has 1 unspecified atom stereocenters. The van der Waals surface area contributed by atoms with Crippen molar-refractivity contribution in [2.24, 2.45) is 0 Å². The SMILES string of the molecule is CNCC(C(=O)O)c1ccccc1C(F)(F)F. The van der Waals surface area contributed by atoms with E-state index in [9.17, 15) is 18.0 Å². The highest BCUT2D eigenvalue weighted by Crippen LogP contribution is 2.35. The Balaban J connectivity index is 3.23. The van der Waals surface area contributed by atoms with Gasteiger partial charge in [0.1, 0.15) is 0 Å². The number of halogens is 3. The quantitative estimate of drug-likeness (QED) is 0.856. The van der Waals surface area contributed by atoms with Crippen molar-refractivity contribution in [1.29, 1.82) is 0 Å². The van der Waals surface area contributed by atoms with E-state index in [0.29, 0.717) is 0 Å². The van der Waals surface area contributed by atoms with E-state index in [-0.39, 0.29) is 12.1 Å². The van der Waals surface area contributed by atoms with E-state index in [1.165, 1.54) is 25.2 Å². The number of carbonyl (C=O) groups is 1. The Morgan fingerprint density at radius 1 is 1.41 bits per heavy atom. The summed E-state index contributed by atoms with van der Waals surface area (Å²) in [7, 11) is 1.49. The van der Waals surface area contributed by atoms with Gasteiger partial charge in [-0.05, 0) is 18.7 Å². The van der Waals surface area contributed by atoms with Crippen molar-refractivity contribution in [2.45, 2.75) is 12.1 Å². The average Bonchev–Trinajstić information content (AvgIpc) is 2.24. The standard InChI is InChI=1S/C11H12F3NO2/c1-15-6-8(10(16)17)7-4-2-3-5-9(7)11(12,13)14/h2-5,8,15H,6H2,1H3,(H,16,17). The van der Waals surface area contributed by atoms with Crippen LogP contribution >= 0.6 is 0 Å². The molecule has 0 aliphatic heterocycles. The number of likely N-dealkylation sites (N-methyl/N-ethyl adjacent to an activating group) is 1. The molecular formula is C11H12F3NO2. The van der Waals surface area contributed by atoms with Crippen molar-refractivity contribution in [3.05, 3.63) is 35.4 Å². The van der Waals surface area contributed by atoms with Crippen molar-refractivity contribution in [3.63, 3.8) is 0 Å². The summed E-state index contributed by atoms with van der Waals surface area (Å²) in [5.74, 6) is -2.49. The first kappa shape index (κ1) is 13.5. The molecule has 94 valence electrons. The van der Waals surface area contributed by atoms with Gasteiger partial charge in [-0.15, -0.1) is 0 Å². The molecule has 1 atom stereocenters. The number of nitrogens with one attached hydrogen (secondary N) is 1. The Labute approximate surface area is 96.3 Å². The Kier molecular flexibility index (Phi) is 4.11. The molecule has 0 aliphatic rings. The molecule has 17 heavy (non-hydrogen) atoms. The Morgan fingerprint density at radius 2 is 2.00 bits per heavy atom. The maximum atomic E-state index is 12.7.